The zero-order chi connectivity index (χ0) is 34.5. The molecule has 4 nitrogen and oxygen atoms in total. The summed E-state index contributed by atoms with van der Waals surface area (Å²) in [5.74, 6) is -0.435. The van der Waals surface area contributed by atoms with Crippen LogP contribution in [-0.4, -0.2) is 72.5 Å². The number of hydrogen-bond acceptors (Lipinski definition) is 3. The highest BCUT2D eigenvalue weighted by Crippen LogP contribution is 2.40. The summed E-state index contributed by atoms with van der Waals surface area (Å²) in [5, 5.41) is 0. The second-order valence-electron chi connectivity index (χ2n) is 14.3. The van der Waals surface area contributed by atoms with Crippen molar-refractivity contribution in [2.45, 2.75) is 115 Å². The highest BCUT2D eigenvalue weighted by atomic mass is 19.4. The standard InChI is InChI=1S/C38H51F6N3O/c1-3-29-12-13-31(25-30(29)4-2)36(15-17-45-18-20-46(21-19-45)34-10-6-5-7-11-34)14-8-9-16-47(27-36)35(48)24-28-22-32(37(39,40)41)26-33(23-28)38(42,43)44/h12-13,22-23,25-26,34H,3-11,14-21,24,27H2,1-2H3/t36-/m1/s1. The van der Waals surface area contributed by atoms with Gasteiger partial charge in [0.15, 0.2) is 0 Å². The van der Waals surface area contributed by atoms with Crippen molar-refractivity contribution < 1.29 is 31.1 Å². The quantitative estimate of drug-likeness (QED) is 0.248. The first kappa shape index (κ1) is 36.7. The molecule has 2 aliphatic heterocycles. The number of likely N-dealkylation sites (tertiary alicyclic amines) is 1. The van der Waals surface area contributed by atoms with Crippen LogP contribution < -0.4 is 0 Å². The molecule has 5 rings (SSSR count). The Morgan fingerprint density at radius 1 is 0.771 bits per heavy atom. The molecule has 1 saturated carbocycles. The normalized spacial score (nSPS) is 22.5. The highest BCUT2D eigenvalue weighted by Gasteiger charge is 2.40. The Labute approximate surface area is 281 Å². The summed E-state index contributed by atoms with van der Waals surface area (Å²) < 4.78 is 81.4. The van der Waals surface area contributed by atoms with Gasteiger partial charge in [-0.25, -0.2) is 0 Å². The molecule has 2 aromatic carbocycles. The Bertz CT molecular complexity index is 1350. The smallest absolute Gasteiger partial charge is 0.342 e. The van der Waals surface area contributed by atoms with Crippen molar-refractivity contribution in [2.24, 2.45) is 0 Å². The predicted octanol–water partition coefficient (Wildman–Crippen LogP) is 8.68. The summed E-state index contributed by atoms with van der Waals surface area (Å²) in [6.45, 7) is 10.1. The average molecular weight is 680 g/mol. The molecule has 266 valence electrons. The SMILES string of the molecule is CCc1ccc([C@@]2(CCN3CCN(C4CCCCC4)CC3)CCCCN(C(=O)Cc3cc(C(F)(F)F)cc(C(F)(F)F)c3)C2)cc1CC. The summed E-state index contributed by atoms with van der Waals surface area (Å²) in [5.41, 5.74) is 0.328. The van der Waals surface area contributed by atoms with E-state index in [9.17, 15) is 31.1 Å². The van der Waals surface area contributed by atoms with Crippen LogP contribution in [0.25, 0.3) is 0 Å². The molecule has 0 bridgehead atoms. The summed E-state index contributed by atoms with van der Waals surface area (Å²) in [6, 6.07) is 8.85. The lowest BCUT2D eigenvalue weighted by molar-refractivity contribution is -0.143. The maximum atomic E-state index is 13.8. The Kier molecular flexibility index (Phi) is 11.9. The van der Waals surface area contributed by atoms with Crippen LogP contribution in [0.3, 0.4) is 0 Å². The zero-order valence-corrected chi connectivity index (χ0v) is 28.5. The molecule has 3 fully saturated rings. The maximum Gasteiger partial charge on any atom is 0.416 e. The van der Waals surface area contributed by atoms with Gasteiger partial charge < -0.3 is 9.80 Å². The van der Waals surface area contributed by atoms with E-state index in [0.29, 0.717) is 31.3 Å². The summed E-state index contributed by atoms with van der Waals surface area (Å²) in [6.07, 6.45) is 1.25. The van der Waals surface area contributed by atoms with E-state index < -0.39 is 35.8 Å². The molecule has 1 aliphatic carbocycles. The molecule has 48 heavy (non-hydrogen) atoms. The van der Waals surface area contributed by atoms with Gasteiger partial charge in [0.2, 0.25) is 5.91 Å². The Morgan fingerprint density at radius 2 is 1.42 bits per heavy atom. The fourth-order valence-corrected chi connectivity index (χ4v) is 8.29. The molecular weight excluding hydrogens is 628 g/mol. The first-order valence-electron chi connectivity index (χ1n) is 18.0. The van der Waals surface area contributed by atoms with Crippen molar-refractivity contribution in [3.8, 4) is 0 Å². The van der Waals surface area contributed by atoms with Gasteiger partial charge in [-0.1, -0.05) is 57.7 Å². The molecule has 0 spiro atoms. The van der Waals surface area contributed by atoms with Crippen LogP contribution in [0.1, 0.15) is 105 Å². The molecule has 2 saturated heterocycles. The van der Waals surface area contributed by atoms with E-state index in [1.165, 1.54) is 48.8 Å². The van der Waals surface area contributed by atoms with Crippen molar-refractivity contribution in [3.63, 3.8) is 0 Å². The van der Waals surface area contributed by atoms with Crippen molar-refractivity contribution >= 4 is 5.91 Å². The minimum absolute atomic E-state index is 0.116. The van der Waals surface area contributed by atoms with Gasteiger partial charge in [-0.3, -0.25) is 9.69 Å². The number of nitrogens with zero attached hydrogens (tertiary/aromatic N) is 3. The van der Waals surface area contributed by atoms with Gasteiger partial charge in [-0.05, 0) is 91.9 Å². The molecule has 2 heterocycles. The van der Waals surface area contributed by atoms with Gasteiger partial charge in [0.1, 0.15) is 0 Å². The van der Waals surface area contributed by atoms with Crippen LogP contribution in [0.4, 0.5) is 26.3 Å². The van der Waals surface area contributed by atoms with Gasteiger partial charge in [0.25, 0.3) is 0 Å². The number of alkyl halides is 6. The Balaban J connectivity index is 1.38. The van der Waals surface area contributed by atoms with Crippen LogP contribution >= 0.6 is 0 Å². The largest absolute Gasteiger partial charge is 0.416 e. The number of carbonyl (C=O) groups is 1. The average Bonchev–Trinajstić information content (AvgIpc) is 3.30. The molecule has 3 aliphatic rings. The molecule has 0 aromatic heterocycles. The second kappa shape index (κ2) is 15.5. The van der Waals surface area contributed by atoms with E-state index in [1.807, 2.05) is 0 Å². The molecule has 2 aromatic rings. The predicted molar refractivity (Wildman–Crippen MR) is 177 cm³/mol. The summed E-state index contributed by atoms with van der Waals surface area (Å²) in [4.78, 5) is 20.7. The van der Waals surface area contributed by atoms with Crippen molar-refractivity contribution in [1.29, 1.82) is 0 Å². The fraction of sp³-hybridized carbons (Fsp3) is 0.658. The topological polar surface area (TPSA) is 26.8 Å². The van der Waals surface area contributed by atoms with E-state index in [-0.39, 0.29) is 17.0 Å². The first-order chi connectivity index (χ1) is 22.8. The van der Waals surface area contributed by atoms with Crippen molar-refractivity contribution in [2.75, 3.05) is 45.8 Å². The lowest BCUT2D eigenvalue weighted by Crippen LogP contribution is -2.52. The van der Waals surface area contributed by atoms with E-state index >= 15 is 0 Å². The highest BCUT2D eigenvalue weighted by molar-refractivity contribution is 5.79. The number of piperazine rings is 1. The third-order valence-electron chi connectivity index (χ3n) is 11.2. The Morgan fingerprint density at radius 3 is 2.02 bits per heavy atom. The lowest BCUT2D eigenvalue weighted by Gasteiger charge is -2.43. The van der Waals surface area contributed by atoms with Gasteiger partial charge in [0, 0.05) is 50.7 Å². The van der Waals surface area contributed by atoms with E-state index in [1.54, 1.807) is 4.90 Å². The van der Waals surface area contributed by atoms with E-state index in [0.717, 1.165) is 71.2 Å². The minimum Gasteiger partial charge on any atom is -0.342 e. The first-order valence-corrected chi connectivity index (χ1v) is 18.0. The van der Waals surface area contributed by atoms with E-state index in [4.69, 9.17) is 0 Å². The van der Waals surface area contributed by atoms with Gasteiger partial charge in [-0.15, -0.1) is 0 Å². The van der Waals surface area contributed by atoms with Gasteiger partial charge >= 0.3 is 12.4 Å². The molecule has 1 atom stereocenters. The number of aryl methyl sites for hydroxylation is 2. The third-order valence-corrected chi connectivity index (χ3v) is 11.2. The zero-order valence-electron chi connectivity index (χ0n) is 28.5. The van der Waals surface area contributed by atoms with Crippen molar-refractivity contribution in [1.82, 2.24) is 14.7 Å². The van der Waals surface area contributed by atoms with E-state index in [2.05, 4.69) is 41.8 Å². The molecule has 10 heteroatoms. The number of hydrogen-bond donors (Lipinski definition) is 0. The number of amides is 1. The molecule has 0 unspecified atom stereocenters. The van der Waals surface area contributed by atoms with Crippen LogP contribution in [-0.2, 0) is 41.8 Å². The monoisotopic (exact) mass is 679 g/mol. The molecule has 0 radical (unpaired) electrons. The van der Waals surface area contributed by atoms with Crippen LogP contribution in [0.5, 0.6) is 0 Å². The molecule has 1 amide bonds. The molecule has 0 N–H and O–H groups in total. The second-order valence-corrected chi connectivity index (χ2v) is 14.3. The molecular formula is C38H51F6N3O. The van der Waals surface area contributed by atoms with Gasteiger partial charge in [0.05, 0.1) is 17.5 Å². The van der Waals surface area contributed by atoms with Gasteiger partial charge in [-0.2, -0.15) is 26.3 Å². The van der Waals surface area contributed by atoms with Crippen LogP contribution in [0, 0.1) is 0 Å². The fourth-order valence-electron chi connectivity index (χ4n) is 8.29. The third kappa shape index (κ3) is 8.95. The number of halogens is 6. The van der Waals surface area contributed by atoms with Crippen molar-refractivity contribution in [3.05, 3.63) is 69.8 Å². The summed E-state index contributed by atoms with van der Waals surface area (Å²) in [7, 11) is 0. The minimum atomic E-state index is -4.96. The maximum absolute atomic E-state index is 13.8. The van der Waals surface area contributed by atoms with Crippen LogP contribution in [0.15, 0.2) is 36.4 Å². The Hall–Kier alpha value is -2.59. The summed E-state index contributed by atoms with van der Waals surface area (Å²) >= 11 is 0. The number of benzene rings is 2. The number of carbonyl (C=O) groups excluding carboxylic acids is 1. The lowest BCUT2D eigenvalue weighted by atomic mass is 9.72. The number of rotatable bonds is 9. The van der Waals surface area contributed by atoms with Crippen LogP contribution in [0.2, 0.25) is 0 Å².